The summed E-state index contributed by atoms with van der Waals surface area (Å²) >= 11 is 0. The summed E-state index contributed by atoms with van der Waals surface area (Å²) in [6.45, 7) is 1.70. The first-order valence-corrected chi connectivity index (χ1v) is 7.10. The molecule has 1 aromatic heterocycles. The maximum absolute atomic E-state index is 12.2. The first kappa shape index (κ1) is 14.8. The van der Waals surface area contributed by atoms with Crippen LogP contribution in [-0.2, 0) is 11.2 Å². The number of hydrogen-bond acceptors (Lipinski definition) is 3. The van der Waals surface area contributed by atoms with Crippen molar-refractivity contribution in [3.63, 3.8) is 0 Å². The summed E-state index contributed by atoms with van der Waals surface area (Å²) in [5.41, 5.74) is 2.96. The van der Waals surface area contributed by atoms with Crippen molar-refractivity contribution in [3.8, 4) is 0 Å². The minimum atomic E-state index is -0.982. The van der Waals surface area contributed by atoms with Gasteiger partial charge in [0.2, 0.25) is 5.91 Å². The SMILES string of the molecule is Cc1cc(NC(=O)Cc2[nH]nc3ccccc23)ccc1C(=O)O. The van der Waals surface area contributed by atoms with Crippen LogP contribution in [0.2, 0.25) is 0 Å². The number of H-pyrrole nitrogens is 1. The Morgan fingerprint density at radius 2 is 2.00 bits per heavy atom. The first-order chi connectivity index (χ1) is 11.0. The Balaban J connectivity index is 1.75. The van der Waals surface area contributed by atoms with Crippen molar-refractivity contribution in [1.82, 2.24) is 10.2 Å². The number of carbonyl (C=O) groups excluding carboxylic acids is 1. The minimum absolute atomic E-state index is 0.167. The molecule has 0 fully saturated rings. The predicted molar refractivity (Wildman–Crippen MR) is 86.6 cm³/mol. The molecule has 3 rings (SSSR count). The first-order valence-electron chi connectivity index (χ1n) is 7.10. The summed E-state index contributed by atoms with van der Waals surface area (Å²) < 4.78 is 0. The molecule has 3 aromatic rings. The van der Waals surface area contributed by atoms with E-state index in [4.69, 9.17) is 5.11 Å². The standard InChI is InChI=1S/C17H15N3O3/c1-10-8-11(6-7-12(10)17(22)23)18-16(21)9-15-13-4-2-3-5-14(13)19-20-15/h2-8H,9H2,1H3,(H,18,21)(H,19,20)(H,22,23). The van der Waals surface area contributed by atoms with E-state index in [1.165, 1.54) is 6.07 Å². The Morgan fingerprint density at radius 3 is 2.74 bits per heavy atom. The number of aryl methyl sites for hydroxylation is 1. The quantitative estimate of drug-likeness (QED) is 0.690. The number of rotatable bonds is 4. The summed E-state index contributed by atoms with van der Waals surface area (Å²) in [7, 11) is 0. The van der Waals surface area contributed by atoms with Crippen molar-refractivity contribution in [1.29, 1.82) is 0 Å². The maximum atomic E-state index is 12.2. The molecule has 0 saturated carbocycles. The molecule has 0 radical (unpaired) electrons. The van der Waals surface area contributed by atoms with Crippen LogP contribution in [0.4, 0.5) is 5.69 Å². The molecular weight excluding hydrogens is 294 g/mol. The maximum Gasteiger partial charge on any atom is 0.335 e. The number of fused-ring (bicyclic) bond motifs is 1. The zero-order chi connectivity index (χ0) is 16.4. The van der Waals surface area contributed by atoms with E-state index >= 15 is 0 Å². The number of para-hydroxylation sites is 1. The minimum Gasteiger partial charge on any atom is -0.478 e. The molecular formula is C17H15N3O3. The largest absolute Gasteiger partial charge is 0.478 e. The highest BCUT2D eigenvalue weighted by Crippen LogP contribution is 2.18. The van der Waals surface area contributed by atoms with E-state index in [1.807, 2.05) is 24.3 Å². The fraction of sp³-hybridized carbons (Fsp3) is 0.118. The van der Waals surface area contributed by atoms with Gasteiger partial charge in [0.25, 0.3) is 0 Å². The monoisotopic (exact) mass is 309 g/mol. The van der Waals surface area contributed by atoms with Crippen LogP contribution < -0.4 is 5.32 Å². The molecule has 0 unspecified atom stereocenters. The molecule has 116 valence electrons. The van der Waals surface area contributed by atoms with Gasteiger partial charge in [-0.3, -0.25) is 9.89 Å². The number of carbonyl (C=O) groups is 2. The Morgan fingerprint density at radius 1 is 1.22 bits per heavy atom. The Hall–Kier alpha value is -3.15. The van der Waals surface area contributed by atoms with Crippen LogP contribution >= 0.6 is 0 Å². The third-order valence-electron chi connectivity index (χ3n) is 3.62. The number of anilines is 1. The topological polar surface area (TPSA) is 95.1 Å². The van der Waals surface area contributed by atoms with Gasteiger partial charge < -0.3 is 10.4 Å². The number of carboxylic acids is 1. The highest BCUT2D eigenvalue weighted by molar-refractivity contribution is 5.96. The fourth-order valence-electron chi connectivity index (χ4n) is 2.50. The summed E-state index contributed by atoms with van der Waals surface area (Å²) in [4.78, 5) is 23.2. The van der Waals surface area contributed by atoms with Crippen LogP contribution in [0.3, 0.4) is 0 Å². The number of aromatic carboxylic acids is 1. The average Bonchev–Trinajstić information content (AvgIpc) is 2.90. The van der Waals surface area contributed by atoms with Gasteiger partial charge in [-0.1, -0.05) is 18.2 Å². The molecule has 3 N–H and O–H groups in total. The van der Waals surface area contributed by atoms with Crippen LogP contribution in [0, 0.1) is 6.92 Å². The third-order valence-corrected chi connectivity index (χ3v) is 3.62. The van der Waals surface area contributed by atoms with Crippen LogP contribution in [0.1, 0.15) is 21.6 Å². The van der Waals surface area contributed by atoms with E-state index in [-0.39, 0.29) is 17.9 Å². The van der Waals surface area contributed by atoms with Gasteiger partial charge >= 0.3 is 5.97 Å². The van der Waals surface area contributed by atoms with Crippen molar-refractivity contribution < 1.29 is 14.7 Å². The summed E-state index contributed by atoms with van der Waals surface area (Å²) in [5, 5.41) is 19.7. The van der Waals surface area contributed by atoms with Gasteiger partial charge in [0, 0.05) is 11.1 Å². The third kappa shape index (κ3) is 3.06. The lowest BCUT2D eigenvalue weighted by Crippen LogP contribution is -2.15. The lowest BCUT2D eigenvalue weighted by atomic mass is 10.1. The number of aromatic amines is 1. The number of amides is 1. The van der Waals surface area contributed by atoms with Crippen molar-refractivity contribution in [2.24, 2.45) is 0 Å². The molecule has 0 spiro atoms. The van der Waals surface area contributed by atoms with E-state index in [0.29, 0.717) is 11.3 Å². The normalized spacial score (nSPS) is 10.7. The highest BCUT2D eigenvalue weighted by Gasteiger charge is 2.12. The van der Waals surface area contributed by atoms with Crippen LogP contribution in [0.25, 0.3) is 10.9 Å². The second kappa shape index (κ2) is 5.92. The van der Waals surface area contributed by atoms with Crippen molar-refractivity contribution in [2.45, 2.75) is 13.3 Å². The molecule has 1 heterocycles. The van der Waals surface area contributed by atoms with E-state index in [1.54, 1.807) is 19.1 Å². The zero-order valence-corrected chi connectivity index (χ0v) is 12.5. The summed E-state index contributed by atoms with van der Waals surface area (Å²) in [5.74, 6) is -1.17. The molecule has 23 heavy (non-hydrogen) atoms. The van der Waals surface area contributed by atoms with E-state index < -0.39 is 5.97 Å². The van der Waals surface area contributed by atoms with Gasteiger partial charge in [0.15, 0.2) is 0 Å². The molecule has 0 bridgehead atoms. The lowest BCUT2D eigenvalue weighted by Gasteiger charge is -2.07. The summed E-state index contributed by atoms with van der Waals surface area (Å²) in [6, 6.07) is 12.3. The predicted octanol–water partition coefficient (Wildman–Crippen LogP) is 2.75. The number of benzene rings is 2. The molecule has 2 aromatic carbocycles. The lowest BCUT2D eigenvalue weighted by molar-refractivity contribution is -0.115. The Bertz CT molecular complexity index is 899. The van der Waals surface area contributed by atoms with Gasteiger partial charge in [-0.25, -0.2) is 4.79 Å². The molecule has 0 aliphatic heterocycles. The second-order valence-electron chi connectivity index (χ2n) is 5.28. The van der Waals surface area contributed by atoms with Crippen LogP contribution in [0.15, 0.2) is 42.5 Å². The van der Waals surface area contributed by atoms with E-state index in [9.17, 15) is 9.59 Å². The van der Waals surface area contributed by atoms with Gasteiger partial charge in [0.05, 0.1) is 23.2 Å². The molecule has 6 nitrogen and oxygen atoms in total. The average molecular weight is 309 g/mol. The number of hydrogen-bond donors (Lipinski definition) is 3. The fourth-order valence-corrected chi connectivity index (χ4v) is 2.50. The Labute approximate surface area is 132 Å². The molecule has 0 atom stereocenters. The van der Waals surface area contributed by atoms with Gasteiger partial charge in [-0.15, -0.1) is 0 Å². The molecule has 0 saturated heterocycles. The van der Waals surface area contributed by atoms with Gasteiger partial charge in [-0.2, -0.15) is 5.10 Å². The molecule has 0 aliphatic rings. The van der Waals surface area contributed by atoms with Crippen molar-refractivity contribution in [2.75, 3.05) is 5.32 Å². The zero-order valence-electron chi connectivity index (χ0n) is 12.5. The number of nitrogens with one attached hydrogen (secondary N) is 2. The van der Waals surface area contributed by atoms with Crippen LogP contribution in [0.5, 0.6) is 0 Å². The van der Waals surface area contributed by atoms with Crippen LogP contribution in [-0.4, -0.2) is 27.2 Å². The summed E-state index contributed by atoms with van der Waals surface area (Å²) in [6.07, 6.45) is 0.167. The second-order valence-corrected chi connectivity index (χ2v) is 5.28. The molecule has 6 heteroatoms. The highest BCUT2D eigenvalue weighted by atomic mass is 16.4. The Kier molecular flexibility index (Phi) is 3.80. The number of nitrogens with zero attached hydrogens (tertiary/aromatic N) is 1. The van der Waals surface area contributed by atoms with E-state index in [0.717, 1.165) is 16.6 Å². The smallest absolute Gasteiger partial charge is 0.335 e. The van der Waals surface area contributed by atoms with Crippen molar-refractivity contribution >= 4 is 28.5 Å². The molecule has 1 amide bonds. The van der Waals surface area contributed by atoms with E-state index in [2.05, 4.69) is 15.5 Å². The van der Waals surface area contributed by atoms with Crippen molar-refractivity contribution in [3.05, 3.63) is 59.3 Å². The number of aromatic nitrogens is 2. The van der Waals surface area contributed by atoms with Gasteiger partial charge in [0.1, 0.15) is 0 Å². The molecule has 0 aliphatic carbocycles. The van der Waals surface area contributed by atoms with Gasteiger partial charge in [-0.05, 0) is 36.8 Å². The number of carboxylic acid groups (broad SMARTS) is 1.